The summed E-state index contributed by atoms with van der Waals surface area (Å²) in [6.45, 7) is 5.57. The normalized spacial score (nSPS) is 24.9. The quantitative estimate of drug-likeness (QED) is 0.890. The maximum absolute atomic E-state index is 5.42. The first-order valence-electron chi connectivity index (χ1n) is 6.71. The monoisotopic (exact) mass is 248 g/mol. The summed E-state index contributed by atoms with van der Waals surface area (Å²) >= 11 is 0. The van der Waals surface area contributed by atoms with E-state index in [1.807, 2.05) is 6.07 Å². The van der Waals surface area contributed by atoms with Crippen molar-refractivity contribution in [2.45, 2.75) is 38.8 Å². The topological polar surface area (TPSA) is 24.5 Å². The van der Waals surface area contributed by atoms with Crippen molar-refractivity contribution >= 4 is 5.69 Å². The third-order valence-electron chi connectivity index (χ3n) is 3.92. The molecule has 100 valence electrons. The van der Waals surface area contributed by atoms with Crippen molar-refractivity contribution < 1.29 is 4.74 Å². The van der Waals surface area contributed by atoms with Gasteiger partial charge in [-0.3, -0.25) is 0 Å². The number of benzene rings is 1. The van der Waals surface area contributed by atoms with Crippen LogP contribution in [0.3, 0.4) is 0 Å². The number of hydrogen-bond acceptors (Lipinski definition) is 3. The highest BCUT2D eigenvalue weighted by molar-refractivity contribution is 5.58. The largest absolute Gasteiger partial charge is 0.495 e. The lowest BCUT2D eigenvalue weighted by Crippen LogP contribution is -2.42. The lowest BCUT2D eigenvalue weighted by molar-refractivity contribution is 0.190. The summed E-state index contributed by atoms with van der Waals surface area (Å²) in [5.41, 5.74) is 2.39. The molecular formula is C15H24N2O. The number of piperidine rings is 1. The standard InChI is InChI=1S/C15H24N2O/c1-11-5-6-15(18-4)14(9-11)16-13-7-8-17(3)12(2)10-13/h5-6,9,12-13,16H,7-8,10H2,1-4H3. The Morgan fingerprint density at radius 2 is 2.17 bits per heavy atom. The minimum Gasteiger partial charge on any atom is -0.495 e. The second-order valence-electron chi connectivity index (χ2n) is 5.40. The molecule has 3 heteroatoms. The van der Waals surface area contributed by atoms with Gasteiger partial charge in [0.05, 0.1) is 12.8 Å². The average Bonchev–Trinajstić information content (AvgIpc) is 2.34. The zero-order valence-corrected chi connectivity index (χ0v) is 11.9. The van der Waals surface area contributed by atoms with Crippen LogP contribution >= 0.6 is 0 Å². The van der Waals surface area contributed by atoms with E-state index in [-0.39, 0.29) is 0 Å². The summed E-state index contributed by atoms with van der Waals surface area (Å²) in [6.07, 6.45) is 2.38. The van der Waals surface area contributed by atoms with Crippen LogP contribution in [0.1, 0.15) is 25.3 Å². The van der Waals surface area contributed by atoms with Crippen molar-refractivity contribution in [3.05, 3.63) is 23.8 Å². The van der Waals surface area contributed by atoms with E-state index in [0.717, 1.165) is 18.0 Å². The van der Waals surface area contributed by atoms with Gasteiger partial charge in [0, 0.05) is 18.6 Å². The molecule has 1 N–H and O–H groups in total. The lowest BCUT2D eigenvalue weighted by Gasteiger charge is -2.36. The van der Waals surface area contributed by atoms with E-state index in [1.54, 1.807) is 7.11 Å². The highest BCUT2D eigenvalue weighted by atomic mass is 16.5. The molecule has 0 aromatic heterocycles. The van der Waals surface area contributed by atoms with Crippen LogP contribution in [-0.4, -0.2) is 37.7 Å². The number of aryl methyl sites for hydroxylation is 1. The summed E-state index contributed by atoms with van der Waals surface area (Å²) in [7, 11) is 3.93. The van der Waals surface area contributed by atoms with E-state index >= 15 is 0 Å². The first kappa shape index (κ1) is 13.2. The molecule has 0 amide bonds. The molecule has 18 heavy (non-hydrogen) atoms. The molecule has 1 aliphatic heterocycles. The van der Waals surface area contributed by atoms with Crippen LogP contribution in [0.5, 0.6) is 5.75 Å². The molecule has 1 fully saturated rings. The molecule has 0 bridgehead atoms. The van der Waals surface area contributed by atoms with Crippen molar-refractivity contribution in [3.8, 4) is 5.75 Å². The zero-order valence-electron chi connectivity index (χ0n) is 11.9. The van der Waals surface area contributed by atoms with E-state index in [4.69, 9.17) is 4.74 Å². The van der Waals surface area contributed by atoms with E-state index in [0.29, 0.717) is 12.1 Å². The van der Waals surface area contributed by atoms with Crippen LogP contribution in [0, 0.1) is 6.92 Å². The average molecular weight is 248 g/mol. The van der Waals surface area contributed by atoms with Gasteiger partial charge >= 0.3 is 0 Å². The highest BCUT2D eigenvalue weighted by Crippen LogP contribution is 2.28. The number of anilines is 1. The van der Waals surface area contributed by atoms with Gasteiger partial charge in [-0.2, -0.15) is 0 Å². The number of nitrogens with one attached hydrogen (secondary N) is 1. The van der Waals surface area contributed by atoms with Gasteiger partial charge in [0.1, 0.15) is 5.75 Å². The number of likely N-dealkylation sites (tertiary alicyclic amines) is 1. The van der Waals surface area contributed by atoms with Crippen LogP contribution in [0.2, 0.25) is 0 Å². The molecule has 1 saturated heterocycles. The number of ether oxygens (including phenoxy) is 1. The molecule has 2 atom stereocenters. The predicted octanol–water partition coefficient (Wildman–Crippen LogP) is 2.90. The first-order chi connectivity index (χ1) is 8.60. The van der Waals surface area contributed by atoms with Crippen molar-refractivity contribution in [1.82, 2.24) is 4.90 Å². The van der Waals surface area contributed by atoms with Gasteiger partial charge in [0.2, 0.25) is 0 Å². The molecule has 1 heterocycles. The van der Waals surface area contributed by atoms with E-state index in [2.05, 4.69) is 43.2 Å². The Labute approximate surface area is 110 Å². The van der Waals surface area contributed by atoms with Crippen molar-refractivity contribution in [2.75, 3.05) is 26.0 Å². The Morgan fingerprint density at radius 3 is 2.83 bits per heavy atom. The van der Waals surface area contributed by atoms with E-state index in [1.165, 1.54) is 18.4 Å². The molecule has 2 rings (SSSR count). The summed E-state index contributed by atoms with van der Waals surface area (Å²) in [5, 5.41) is 3.64. The van der Waals surface area contributed by atoms with Crippen molar-refractivity contribution in [2.24, 2.45) is 0 Å². The van der Waals surface area contributed by atoms with Crippen LogP contribution < -0.4 is 10.1 Å². The van der Waals surface area contributed by atoms with E-state index in [9.17, 15) is 0 Å². The Kier molecular flexibility index (Phi) is 4.12. The SMILES string of the molecule is COc1ccc(C)cc1NC1CCN(C)C(C)C1. The number of rotatable bonds is 3. The maximum Gasteiger partial charge on any atom is 0.141 e. The first-order valence-corrected chi connectivity index (χ1v) is 6.71. The fourth-order valence-electron chi connectivity index (χ4n) is 2.58. The molecule has 0 spiro atoms. The Bertz CT molecular complexity index is 405. The number of methoxy groups -OCH3 is 1. The van der Waals surface area contributed by atoms with Crippen molar-refractivity contribution in [1.29, 1.82) is 0 Å². The molecule has 1 aromatic rings. The van der Waals surface area contributed by atoms with Crippen molar-refractivity contribution in [3.63, 3.8) is 0 Å². The lowest BCUT2D eigenvalue weighted by atomic mass is 9.98. The molecule has 2 unspecified atom stereocenters. The predicted molar refractivity (Wildman–Crippen MR) is 76.5 cm³/mol. The second kappa shape index (κ2) is 5.61. The smallest absolute Gasteiger partial charge is 0.141 e. The third-order valence-corrected chi connectivity index (χ3v) is 3.92. The van der Waals surface area contributed by atoms with Gasteiger partial charge in [0.15, 0.2) is 0 Å². The zero-order chi connectivity index (χ0) is 13.1. The molecule has 0 aliphatic carbocycles. The summed E-state index contributed by atoms with van der Waals surface area (Å²) in [4.78, 5) is 2.42. The maximum atomic E-state index is 5.42. The second-order valence-corrected chi connectivity index (χ2v) is 5.40. The fourth-order valence-corrected chi connectivity index (χ4v) is 2.58. The Balaban J connectivity index is 2.07. The van der Waals surface area contributed by atoms with Gasteiger partial charge in [0.25, 0.3) is 0 Å². The molecule has 1 aliphatic rings. The van der Waals surface area contributed by atoms with Crippen LogP contribution in [0.4, 0.5) is 5.69 Å². The van der Waals surface area contributed by atoms with Gasteiger partial charge in [-0.25, -0.2) is 0 Å². The minimum atomic E-state index is 0.548. The highest BCUT2D eigenvalue weighted by Gasteiger charge is 2.23. The van der Waals surface area contributed by atoms with Crippen LogP contribution in [-0.2, 0) is 0 Å². The fraction of sp³-hybridized carbons (Fsp3) is 0.600. The summed E-state index contributed by atoms with van der Waals surface area (Å²) < 4.78 is 5.42. The molecule has 1 aromatic carbocycles. The van der Waals surface area contributed by atoms with Crippen LogP contribution in [0.25, 0.3) is 0 Å². The van der Waals surface area contributed by atoms with Crippen LogP contribution in [0.15, 0.2) is 18.2 Å². The summed E-state index contributed by atoms with van der Waals surface area (Å²) in [6, 6.07) is 7.48. The van der Waals surface area contributed by atoms with Gasteiger partial charge in [-0.1, -0.05) is 6.07 Å². The number of hydrogen-bond donors (Lipinski definition) is 1. The van der Waals surface area contributed by atoms with E-state index < -0.39 is 0 Å². The minimum absolute atomic E-state index is 0.548. The van der Waals surface area contributed by atoms with Gasteiger partial charge < -0.3 is 15.0 Å². The molecule has 3 nitrogen and oxygen atoms in total. The van der Waals surface area contributed by atoms with Gasteiger partial charge in [-0.05, 0) is 51.4 Å². The molecule has 0 radical (unpaired) electrons. The summed E-state index contributed by atoms with van der Waals surface area (Å²) in [5.74, 6) is 0.937. The molecular weight excluding hydrogens is 224 g/mol. The Morgan fingerprint density at radius 1 is 1.39 bits per heavy atom. The Hall–Kier alpha value is -1.22. The van der Waals surface area contributed by atoms with Gasteiger partial charge in [-0.15, -0.1) is 0 Å². The molecule has 0 saturated carbocycles. The number of nitrogens with zero attached hydrogens (tertiary/aromatic N) is 1. The third kappa shape index (κ3) is 2.96.